The molecule has 0 fully saturated rings. The van der Waals surface area contributed by atoms with Gasteiger partial charge in [-0.2, -0.15) is 0 Å². The lowest BCUT2D eigenvalue weighted by Gasteiger charge is -2.09. The maximum absolute atomic E-state index is 12.2. The number of para-hydroxylation sites is 1. The number of aryl methyl sites for hydroxylation is 1. The number of nitrogens with zero attached hydrogens (tertiary/aromatic N) is 3. The van der Waals surface area contributed by atoms with Gasteiger partial charge in [-0.3, -0.25) is 14.9 Å². The summed E-state index contributed by atoms with van der Waals surface area (Å²) in [5.74, 6) is -0.849. The summed E-state index contributed by atoms with van der Waals surface area (Å²) in [6.07, 6.45) is -4.77. The number of ether oxygens (including phenoxy) is 1. The molecule has 2 aromatic carbocycles. The first kappa shape index (κ1) is 23.3. The van der Waals surface area contributed by atoms with Crippen molar-refractivity contribution in [2.75, 3.05) is 16.4 Å². The number of nitro groups is 1. The zero-order valence-corrected chi connectivity index (χ0v) is 17.8. The maximum Gasteiger partial charge on any atom is 0.573 e. The lowest BCUT2D eigenvalue weighted by Crippen LogP contribution is -2.16. The summed E-state index contributed by atoms with van der Waals surface area (Å²) in [6.45, 7) is 1.65. The van der Waals surface area contributed by atoms with E-state index in [1.807, 2.05) is 0 Å². The fraction of sp³-hybridized carbons (Fsp3) is 0.167. The number of carbonyl (C=O) groups excluding carboxylic acids is 1. The van der Waals surface area contributed by atoms with Gasteiger partial charge in [-0.1, -0.05) is 35.2 Å². The van der Waals surface area contributed by atoms with Gasteiger partial charge in [0.25, 0.3) is 5.69 Å². The Balaban J connectivity index is 1.55. The molecule has 0 aliphatic heterocycles. The average Bonchev–Trinajstić information content (AvgIpc) is 3.15. The third-order valence-corrected chi connectivity index (χ3v) is 5.76. The Kier molecular flexibility index (Phi) is 7.15. The first-order chi connectivity index (χ1) is 15.1. The van der Waals surface area contributed by atoms with Gasteiger partial charge in [-0.05, 0) is 36.8 Å². The second-order valence-corrected chi connectivity index (χ2v) is 8.33. The number of rotatable bonds is 8. The number of nitro benzene ring substituents is 1. The van der Waals surface area contributed by atoms with Gasteiger partial charge in [-0.25, -0.2) is 0 Å². The van der Waals surface area contributed by atoms with Crippen LogP contribution in [0.25, 0.3) is 0 Å². The van der Waals surface area contributed by atoms with Gasteiger partial charge in [0.2, 0.25) is 11.0 Å². The van der Waals surface area contributed by atoms with Gasteiger partial charge < -0.3 is 15.4 Å². The van der Waals surface area contributed by atoms with Gasteiger partial charge >= 0.3 is 6.36 Å². The summed E-state index contributed by atoms with van der Waals surface area (Å²) < 4.78 is 40.9. The zero-order chi connectivity index (χ0) is 23.3. The molecule has 1 amide bonds. The highest BCUT2D eigenvalue weighted by molar-refractivity contribution is 8.01. The molecule has 0 atom stereocenters. The Labute approximate surface area is 187 Å². The SMILES string of the molecule is Cc1cccc([N+](=O)[O-])c1NC(=O)CSc1nnc(Nc2ccc(OC(F)(F)F)cc2)s1. The molecule has 0 saturated carbocycles. The van der Waals surface area contributed by atoms with Gasteiger partial charge in [-0.15, -0.1) is 23.4 Å². The highest BCUT2D eigenvalue weighted by Gasteiger charge is 2.31. The minimum atomic E-state index is -4.77. The maximum atomic E-state index is 12.2. The van der Waals surface area contributed by atoms with Crippen LogP contribution in [0.4, 0.5) is 35.4 Å². The highest BCUT2D eigenvalue weighted by Crippen LogP contribution is 2.31. The number of carbonyl (C=O) groups is 1. The number of amides is 1. The van der Waals surface area contributed by atoms with Crippen molar-refractivity contribution in [3.8, 4) is 5.75 Å². The number of nitrogens with one attached hydrogen (secondary N) is 2. The summed E-state index contributed by atoms with van der Waals surface area (Å²) >= 11 is 2.22. The molecule has 168 valence electrons. The van der Waals surface area contributed by atoms with Crippen LogP contribution in [0.15, 0.2) is 46.8 Å². The quantitative estimate of drug-likeness (QED) is 0.256. The minimum Gasteiger partial charge on any atom is -0.406 e. The summed E-state index contributed by atoms with van der Waals surface area (Å²) in [6, 6.07) is 9.57. The van der Waals surface area contributed by atoms with Crippen LogP contribution in [0.5, 0.6) is 5.75 Å². The van der Waals surface area contributed by atoms with Crippen LogP contribution in [0.2, 0.25) is 0 Å². The predicted octanol–water partition coefficient (Wildman–Crippen LogP) is 5.13. The molecule has 2 N–H and O–H groups in total. The van der Waals surface area contributed by atoms with E-state index in [9.17, 15) is 28.1 Å². The Hall–Kier alpha value is -3.39. The third kappa shape index (κ3) is 6.55. The number of aromatic nitrogens is 2. The molecule has 32 heavy (non-hydrogen) atoms. The fourth-order valence-corrected chi connectivity index (χ4v) is 4.02. The van der Waals surface area contributed by atoms with Crippen molar-refractivity contribution in [1.82, 2.24) is 10.2 Å². The monoisotopic (exact) mass is 485 g/mol. The van der Waals surface area contributed by atoms with Gasteiger partial charge in [0.15, 0.2) is 4.34 Å². The van der Waals surface area contributed by atoms with Gasteiger partial charge in [0.1, 0.15) is 11.4 Å². The Morgan fingerprint density at radius 3 is 2.59 bits per heavy atom. The molecule has 0 aliphatic carbocycles. The van der Waals surface area contributed by atoms with E-state index in [0.29, 0.717) is 20.7 Å². The van der Waals surface area contributed by atoms with E-state index in [1.165, 1.54) is 24.3 Å². The summed E-state index contributed by atoms with van der Waals surface area (Å²) in [4.78, 5) is 22.8. The van der Waals surface area contributed by atoms with E-state index in [2.05, 4.69) is 25.6 Å². The first-order valence-corrected chi connectivity index (χ1v) is 10.5. The van der Waals surface area contributed by atoms with Crippen LogP contribution >= 0.6 is 23.1 Å². The average molecular weight is 485 g/mol. The molecule has 0 aliphatic rings. The molecule has 3 rings (SSSR count). The zero-order valence-electron chi connectivity index (χ0n) is 16.2. The third-order valence-electron chi connectivity index (χ3n) is 3.78. The Morgan fingerprint density at radius 1 is 1.22 bits per heavy atom. The van der Waals surface area contributed by atoms with Crippen molar-refractivity contribution < 1.29 is 27.6 Å². The second-order valence-electron chi connectivity index (χ2n) is 6.13. The van der Waals surface area contributed by atoms with Crippen molar-refractivity contribution in [3.63, 3.8) is 0 Å². The largest absolute Gasteiger partial charge is 0.573 e. The Morgan fingerprint density at radius 2 is 1.94 bits per heavy atom. The number of benzene rings is 2. The van der Waals surface area contributed by atoms with E-state index >= 15 is 0 Å². The normalized spacial score (nSPS) is 11.1. The molecule has 0 radical (unpaired) electrons. The van der Waals surface area contributed by atoms with Crippen LogP contribution in [0, 0.1) is 17.0 Å². The second kappa shape index (κ2) is 9.82. The number of hydrogen-bond donors (Lipinski definition) is 2. The van der Waals surface area contributed by atoms with E-state index in [-0.39, 0.29) is 22.9 Å². The number of halogens is 3. The summed E-state index contributed by atoms with van der Waals surface area (Å²) in [5.41, 5.74) is 0.974. The van der Waals surface area contributed by atoms with Crippen LogP contribution in [-0.2, 0) is 4.79 Å². The van der Waals surface area contributed by atoms with Gasteiger partial charge in [0.05, 0.1) is 10.7 Å². The lowest BCUT2D eigenvalue weighted by atomic mass is 10.1. The summed E-state index contributed by atoms with van der Waals surface area (Å²) in [5, 5.41) is 24.8. The van der Waals surface area contributed by atoms with E-state index < -0.39 is 17.2 Å². The molecule has 0 saturated heterocycles. The van der Waals surface area contributed by atoms with Gasteiger partial charge in [0, 0.05) is 11.8 Å². The molecule has 1 heterocycles. The van der Waals surface area contributed by atoms with Crippen LogP contribution in [-0.4, -0.2) is 33.1 Å². The molecule has 3 aromatic rings. The standard InChI is InChI=1S/C18H14F3N5O4S2/c1-10-3-2-4-13(26(28)29)15(10)23-14(27)9-31-17-25-24-16(32-17)22-11-5-7-12(8-6-11)30-18(19,20)21/h2-8H,9H2,1H3,(H,22,24)(H,23,27). The Bertz CT molecular complexity index is 1120. The summed E-state index contributed by atoms with van der Waals surface area (Å²) in [7, 11) is 0. The van der Waals surface area contributed by atoms with Crippen LogP contribution in [0.3, 0.4) is 0 Å². The fourth-order valence-electron chi connectivity index (χ4n) is 2.45. The van der Waals surface area contributed by atoms with E-state index in [1.54, 1.807) is 13.0 Å². The van der Waals surface area contributed by atoms with E-state index in [0.717, 1.165) is 35.2 Å². The minimum absolute atomic E-state index is 0.0520. The van der Waals surface area contributed by atoms with E-state index in [4.69, 9.17) is 0 Å². The smallest absolute Gasteiger partial charge is 0.406 e. The highest BCUT2D eigenvalue weighted by atomic mass is 32.2. The molecule has 0 unspecified atom stereocenters. The predicted molar refractivity (Wildman–Crippen MR) is 114 cm³/mol. The topological polar surface area (TPSA) is 119 Å². The molecule has 9 nitrogen and oxygen atoms in total. The number of alkyl halides is 3. The molecular weight excluding hydrogens is 471 g/mol. The molecule has 0 bridgehead atoms. The lowest BCUT2D eigenvalue weighted by molar-refractivity contribution is -0.384. The van der Waals surface area contributed by atoms with Crippen LogP contribution in [0.1, 0.15) is 5.56 Å². The number of anilines is 3. The first-order valence-electron chi connectivity index (χ1n) is 8.74. The molecule has 1 aromatic heterocycles. The van der Waals surface area contributed by atoms with Crippen molar-refractivity contribution in [3.05, 3.63) is 58.1 Å². The molecular formula is C18H14F3N5O4S2. The number of thioether (sulfide) groups is 1. The van der Waals surface area contributed by atoms with Crippen LogP contribution < -0.4 is 15.4 Å². The number of hydrogen-bond acceptors (Lipinski definition) is 9. The van der Waals surface area contributed by atoms with Crippen molar-refractivity contribution in [2.24, 2.45) is 0 Å². The molecule has 0 spiro atoms. The molecule has 14 heteroatoms. The van der Waals surface area contributed by atoms with Crippen molar-refractivity contribution in [2.45, 2.75) is 17.6 Å². The van der Waals surface area contributed by atoms with Crippen molar-refractivity contribution in [1.29, 1.82) is 0 Å². The van der Waals surface area contributed by atoms with Crippen molar-refractivity contribution >= 4 is 51.2 Å².